The minimum atomic E-state index is 0.357. The van der Waals surface area contributed by atoms with Crippen molar-refractivity contribution in [3.63, 3.8) is 0 Å². The molecule has 0 bridgehead atoms. The van der Waals surface area contributed by atoms with Crippen LogP contribution in [0.4, 0.5) is 0 Å². The average Bonchev–Trinajstić information content (AvgIpc) is 2.49. The van der Waals surface area contributed by atoms with Gasteiger partial charge in [-0.25, -0.2) is 9.97 Å². The van der Waals surface area contributed by atoms with Gasteiger partial charge in [0.2, 0.25) is 5.88 Å². The predicted octanol–water partition coefficient (Wildman–Crippen LogP) is 4.59. The van der Waals surface area contributed by atoms with Crippen molar-refractivity contribution in [2.45, 2.75) is 0 Å². The second-order valence-corrected chi connectivity index (χ2v) is 4.56. The van der Waals surface area contributed by atoms with Gasteiger partial charge in [-0.2, -0.15) is 0 Å². The molecule has 0 radical (unpaired) electrons. The third kappa shape index (κ3) is 2.95. The van der Waals surface area contributed by atoms with Crippen molar-refractivity contribution >= 4 is 11.6 Å². The molecular formula is C16H11ClN2O. The smallest absolute Gasteiger partial charge is 0.223 e. The molecule has 0 atom stereocenters. The number of ether oxygens (including phenoxy) is 1. The van der Waals surface area contributed by atoms with E-state index in [1.54, 1.807) is 6.07 Å². The molecule has 0 aliphatic heterocycles. The van der Waals surface area contributed by atoms with Gasteiger partial charge < -0.3 is 4.74 Å². The maximum absolute atomic E-state index is 5.79. The highest BCUT2D eigenvalue weighted by Gasteiger charge is 2.01. The topological polar surface area (TPSA) is 35.0 Å². The van der Waals surface area contributed by atoms with E-state index in [9.17, 15) is 0 Å². The Hall–Kier alpha value is -2.39. The van der Waals surface area contributed by atoms with E-state index >= 15 is 0 Å². The van der Waals surface area contributed by atoms with Crippen LogP contribution in [0.1, 0.15) is 0 Å². The maximum atomic E-state index is 5.79. The van der Waals surface area contributed by atoms with Crippen molar-refractivity contribution in [2.24, 2.45) is 0 Å². The number of halogens is 1. The molecule has 1 heterocycles. The van der Waals surface area contributed by atoms with Gasteiger partial charge >= 0.3 is 0 Å². The highest BCUT2D eigenvalue weighted by molar-refractivity contribution is 6.29. The lowest BCUT2D eigenvalue weighted by Crippen LogP contribution is -1.89. The van der Waals surface area contributed by atoms with Crippen LogP contribution < -0.4 is 4.74 Å². The lowest BCUT2D eigenvalue weighted by molar-refractivity contribution is 0.461. The predicted molar refractivity (Wildman–Crippen MR) is 79.0 cm³/mol. The highest BCUT2D eigenvalue weighted by atomic mass is 35.5. The van der Waals surface area contributed by atoms with E-state index in [4.69, 9.17) is 16.3 Å². The molecule has 3 aromatic rings. The van der Waals surface area contributed by atoms with Gasteiger partial charge in [-0.1, -0.05) is 54.1 Å². The quantitative estimate of drug-likeness (QED) is 0.659. The minimum Gasteiger partial charge on any atom is -0.439 e. The molecule has 0 fully saturated rings. The monoisotopic (exact) mass is 282 g/mol. The largest absolute Gasteiger partial charge is 0.439 e. The second-order valence-electron chi connectivity index (χ2n) is 4.17. The zero-order valence-electron chi connectivity index (χ0n) is 10.5. The number of rotatable bonds is 3. The zero-order valence-corrected chi connectivity index (χ0v) is 11.3. The van der Waals surface area contributed by atoms with Crippen LogP contribution >= 0.6 is 11.6 Å². The molecule has 0 saturated heterocycles. The van der Waals surface area contributed by atoms with Gasteiger partial charge in [0, 0.05) is 6.07 Å². The van der Waals surface area contributed by atoms with Crippen LogP contribution in [-0.2, 0) is 0 Å². The first-order chi connectivity index (χ1) is 9.81. The summed E-state index contributed by atoms with van der Waals surface area (Å²) in [7, 11) is 0. The molecule has 0 aliphatic rings. The summed E-state index contributed by atoms with van der Waals surface area (Å²) in [6.45, 7) is 0. The van der Waals surface area contributed by atoms with Crippen molar-refractivity contribution in [1.82, 2.24) is 9.97 Å². The summed E-state index contributed by atoms with van der Waals surface area (Å²) in [6.07, 6.45) is 1.37. The van der Waals surface area contributed by atoms with E-state index in [2.05, 4.69) is 22.1 Å². The van der Waals surface area contributed by atoms with Crippen molar-refractivity contribution in [3.05, 3.63) is 72.1 Å². The average molecular weight is 283 g/mol. The van der Waals surface area contributed by atoms with Crippen LogP contribution in [0.3, 0.4) is 0 Å². The number of hydrogen-bond acceptors (Lipinski definition) is 3. The first kappa shape index (κ1) is 12.6. The first-order valence-electron chi connectivity index (χ1n) is 6.12. The minimum absolute atomic E-state index is 0.357. The third-order valence-corrected chi connectivity index (χ3v) is 3.00. The molecule has 20 heavy (non-hydrogen) atoms. The van der Waals surface area contributed by atoms with Crippen LogP contribution in [0, 0.1) is 0 Å². The lowest BCUT2D eigenvalue weighted by Gasteiger charge is -2.06. The Morgan fingerprint density at radius 3 is 2.20 bits per heavy atom. The SMILES string of the molecule is Clc1cc(Oc2ccc(-c3ccccc3)cc2)ncn1. The summed E-state index contributed by atoms with van der Waals surface area (Å²) in [6, 6.07) is 19.6. The van der Waals surface area contributed by atoms with Crippen molar-refractivity contribution in [1.29, 1.82) is 0 Å². The van der Waals surface area contributed by atoms with Crippen LogP contribution in [-0.4, -0.2) is 9.97 Å². The van der Waals surface area contributed by atoms with Gasteiger partial charge in [-0.05, 0) is 23.3 Å². The standard InChI is InChI=1S/C16H11ClN2O/c17-15-10-16(19-11-18-15)20-14-8-6-13(7-9-14)12-4-2-1-3-5-12/h1-11H. The van der Waals surface area contributed by atoms with Gasteiger partial charge in [0.1, 0.15) is 17.2 Å². The van der Waals surface area contributed by atoms with E-state index in [0.29, 0.717) is 16.8 Å². The number of aromatic nitrogens is 2. The van der Waals surface area contributed by atoms with Crippen molar-refractivity contribution in [2.75, 3.05) is 0 Å². The van der Waals surface area contributed by atoms with E-state index < -0.39 is 0 Å². The van der Waals surface area contributed by atoms with Crippen molar-refractivity contribution in [3.8, 4) is 22.8 Å². The van der Waals surface area contributed by atoms with E-state index in [1.807, 2.05) is 42.5 Å². The fourth-order valence-electron chi connectivity index (χ4n) is 1.84. The number of hydrogen-bond donors (Lipinski definition) is 0. The van der Waals surface area contributed by atoms with Crippen LogP contribution in [0.2, 0.25) is 5.15 Å². The Morgan fingerprint density at radius 1 is 0.800 bits per heavy atom. The van der Waals surface area contributed by atoms with Crippen LogP contribution in [0.5, 0.6) is 11.6 Å². The molecule has 0 N–H and O–H groups in total. The van der Waals surface area contributed by atoms with Gasteiger partial charge in [-0.15, -0.1) is 0 Å². The number of nitrogens with zero attached hydrogens (tertiary/aromatic N) is 2. The second kappa shape index (κ2) is 5.72. The number of benzene rings is 2. The van der Waals surface area contributed by atoms with E-state index in [1.165, 1.54) is 11.9 Å². The highest BCUT2D eigenvalue weighted by Crippen LogP contribution is 2.25. The van der Waals surface area contributed by atoms with Gasteiger partial charge in [0.05, 0.1) is 0 Å². The molecule has 2 aromatic carbocycles. The summed E-state index contributed by atoms with van der Waals surface area (Å²) in [5, 5.41) is 0.357. The Balaban J connectivity index is 1.80. The Labute approximate surface area is 121 Å². The Kier molecular flexibility index (Phi) is 3.61. The Bertz CT molecular complexity index is 699. The molecule has 0 unspecified atom stereocenters. The summed E-state index contributed by atoms with van der Waals surface area (Å²) < 4.78 is 5.61. The molecular weight excluding hydrogens is 272 g/mol. The zero-order chi connectivity index (χ0) is 13.8. The normalized spacial score (nSPS) is 10.2. The van der Waals surface area contributed by atoms with Crippen LogP contribution in [0.25, 0.3) is 11.1 Å². The molecule has 98 valence electrons. The summed E-state index contributed by atoms with van der Waals surface area (Å²) in [5.41, 5.74) is 2.31. The fraction of sp³-hybridized carbons (Fsp3) is 0. The first-order valence-corrected chi connectivity index (χ1v) is 6.50. The molecule has 0 spiro atoms. The molecule has 0 aliphatic carbocycles. The summed E-state index contributed by atoms with van der Waals surface area (Å²) in [4.78, 5) is 7.81. The summed E-state index contributed by atoms with van der Waals surface area (Å²) in [5.74, 6) is 1.14. The molecule has 1 aromatic heterocycles. The van der Waals surface area contributed by atoms with Gasteiger partial charge in [-0.3, -0.25) is 0 Å². The van der Waals surface area contributed by atoms with E-state index in [0.717, 1.165) is 5.56 Å². The molecule has 3 nitrogen and oxygen atoms in total. The Morgan fingerprint density at radius 2 is 1.50 bits per heavy atom. The molecule has 4 heteroatoms. The van der Waals surface area contributed by atoms with Crippen LogP contribution in [0.15, 0.2) is 67.0 Å². The summed E-state index contributed by atoms with van der Waals surface area (Å²) >= 11 is 5.79. The van der Waals surface area contributed by atoms with E-state index in [-0.39, 0.29) is 0 Å². The van der Waals surface area contributed by atoms with Gasteiger partial charge in [0.25, 0.3) is 0 Å². The third-order valence-electron chi connectivity index (χ3n) is 2.79. The fourth-order valence-corrected chi connectivity index (χ4v) is 1.98. The molecule has 0 amide bonds. The molecule has 0 saturated carbocycles. The van der Waals surface area contributed by atoms with Crippen molar-refractivity contribution < 1.29 is 4.74 Å². The lowest BCUT2D eigenvalue weighted by atomic mass is 10.1. The van der Waals surface area contributed by atoms with Gasteiger partial charge in [0.15, 0.2) is 0 Å². The molecule has 3 rings (SSSR count). The maximum Gasteiger partial charge on any atom is 0.223 e.